The van der Waals surface area contributed by atoms with Gasteiger partial charge in [0, 0.05) is 25.7 Å². The number of aliphatic hydroxyl groups excluding tert-OH is 2. The topological polar surface area (TPSA) is 55.7 Å². The first-order valence-corrected chi connectivity index (χ1v) is 5.94. The molecule has 1 aliphatic rings. The zero-order chi connectivity index (χ0) is 11.1. The van der Waals surface area contributed by atoms with Gasteiger partial charge in [-0.1, -0.05) is 12.8 Å². The van der Waals surface area contributed by atoms with Crippen LogP contribution in [-0.2, 0) is 0 Å². The third kappa shape index (κ3) is 4.93. The van der Waals surface area contributed by atoms with E-state index in [9.17, 15) is 0 Å². The fraction of sp³-hybridized carbons (Fsp3) is 1.00. The lowest BCUT2D eigenvalue weighted by Gasteiger charge is -2.24. The van der Waals surface area contributed by atoms with Crippen LogP contribution in [0.3, 0.4) is 0 Å². The highest BCUT2D eigenvalue weighted by atomic mass is 16.3. The minimum Gasteiger partial charge on any atom is -0.394 e. The second kappa shape index (κ2) is 7.17. The Hall–Kier alpha value is -0.160. The van der Waals surface area contributed by atoms with E-state index in [2.05, 4.69) is 17.3 Å². The molecule has 0 saturated heterocycles. The van der Waals surface area contributed by atoms with Crippen molar-refractivity contribution in [1.82, 2.24) is 10.2 Å². The fourth-order valence-corrected chi connectivity index (χ4v) is 2.12. The average Bonchev–Trinajstić information content (AvgIpc) is 2.77. The first-order chi connectivity index (χ1) is 7.24. The Labute approximate surface area is 92.3 Å². The molecule has 0 bridgehead atoms. The van der Waals surface area contributed by atoms with Crippen LogP contribution in [0, 0.1) is 0 Å². The van der Waals surface area contributed by atoms with Crippen LogP contribution in [0.1, 0.15) is 25.7 Å². The summed E-state index contributed by atoms with van der Waals surface area (Å²) >= 11 is 0. The number of rotatable bonds is 7. The van der Waals surface area contributed by atoms with Gasteiger partial charge in [-0.25, -0.2) is 0 Å². The van der Waals surface area contributed by atoms with Crippen molar-refractivity contribution in [2.24, 2.45) is 0 Å². The van der Waals surface area contributed by atoms with Crippen molar-refractivity contribution in [2.45, 2.75) is 37.8 Å². The highest BCUT2D eigenvalue weighted by Gasteiger charge is 2.18. The number of nitrogens with one attached hydrogen (secondary N) is 1. The van der Waals surface area contributed by atoms with Crippen molar-refractivity contribution in [1.29, 1.82) is 0 Å². The minimum atomic E-state index is -0.623. The Kier molecular flexibility index (Phi) is 6.17. The zero-order valence-electron chi connectivity index (χ0n) is 9.65. The molecule has 90 valence electrons. The summed E-state index contributed by atoms with van der Waals surface area (Å²) in [5.74, 6) is 0. The van der Waals surface area contributed by atoms with Crippen LogP contribution in [0.2, 0.25) is 0 Å². The number of hydrogen-bond donors (Lipinski definition) is 3. The Morgan fingerprint density at radius 2 is 2.07 bits per heavy atom. The van der Waals surface area contributed by atoms with E-state index in [0.717, 1.165) is 19.1 Å². The quantitative estimate of drug-likeness (QED) is 0.516. The lowest BCUT2D eigenvalue weighted by atomic mass is 10.2. The summed E-state index contributed by atoms with van der Waals surface area (Å²) in [5.41, 5.74) is 0. The number of hydrogen-bond acceptors (Lipinski definition) is 4. The maximum Gasteiger partial charge on any atom is 0.0894 e. The molecule has 3 N–H and O–H groups in total. The molecule has 0 spiro atoms. The first kappa shape index (κ1) is 12.9. The standard InChI is InChI=1S/C11H24N2O2/c1-13(10-4-2-3-5-10)7-6-12-8-11(15)9-14/h10-12,14-15H,2-9H2,1H3. The number of aliphatic hydroxyl groups is 2. The average molecular weight is 216 g/mol. The molecule has 0 aromatic heterocycles. The smallest absolute Gasteiger partial charge is 0.0894 e. The Bertz CT molecular complexity index is 161. The van der Waals surface area contributed by atoms with E-state index in [1.165, 1.54) is 25.7 Å². The van der Waals surface area contributed by atoms with E-state index in [0.29, 0.717) is 6.54 Å². The Morgan fingerprint density at radius 1 is 1.40 bits per heavy atom. The van der Waals surface area contributed by atoms with Crippen molar-refractivity contribution in [3.63, 3.8) is 0 Å². The highest BCUT2D eigenvalue weighted by Crippen LogP contribution is 2.21. The maximum absolute atomic E-state index is 9.11. The predicted octanol–water partition coefficient (Wildman–Crippen LogP) is -0.196. The van der Waals surface area contributed by atoms with Gasteiger partial charge >= 0.3 is 0 Å². The van der Waals surface area contributed by atoms with E-state index in [-0.39, 0.29) is 6.61 Å². The van der Waals surface area contributed by atoms with Crippen LogP contribution in [0.15, 0.2) is 0 Å². The van der Waals surface area contributed by atoms with Crippen molar-refractivity contribution in [3.05, 3.63) is 0 Å². The van der Waals surface area contributed by atoms with Crippen LogP contribution >= 0.6 is 0 Å². The van der Waals surface area contributed by atoms with Crippen molar-refractivity contribution in [2.75, 3.05) is 33.3 Å². The number of nitrogens with zero attached hydrogens (tertiary/aromatic N) is 1. The summed E-state index contributed by atoms with van der Waals surface area (Å²) in [6.07, 6.45) is 4.77. The molecule has 4 heteroatoms. The van der Waals surface area contributed by atoms with Gasteiger partial charge in [0.1, 0.15) is 0 Å². The molecule has 4 nitrogen and oxygen atoms in total. The molecule has 0 amide bonds. The summed E-state index contributed by atoms with van der Waals surface area (Å²) in [6, 6.07) is 0.759. The van der Waals surface area contributed by atoms with E-state index in [4.69, 9.17) is 10.2 Å². The van der Waals surface area contributed by atoms with Gasteiger partial charge in [-0.3, -0.25) is 0 Å². The normalized spacial score (nSPS) is 20.0. The SMILES string of the molecule is CN(CCNCC(O)CO)C1CCCC1. The van der Waals surface area contributed by atoms with Gasteiger partial charge in [-0.15, -0.1) is 0 Å². The number of likely N-dealkylation sites (N-methyl/N-ethyl adjacent to an activating group) is 1. The van der Waals surface area contributed by atoms with Crippen LogP contribution in [0.5, 0.6) is 0 Å². The zero-order valence-corrected chi connectivity index (χ0v) is 9.65. The van der Waals surface area contributed by atoms with Crippen LogP contribution in [-0.4, -0.2) is 60.5 Å². The van der Waals surface area contributed by atoms with Gasteiger partial charge in [-0.05, 0) is 19.9 Å². The summed E-state index contributed by atoms with van der Waals surface area (Å²) in [5, 5.41) is 20.9. The largest absolute Gasteiger partial charge is 0.394 e. The summed E-state index contributed by atoms with van der Waals surface area (Å²) in [6.45, 7) is 2.22. The summed E-state index contributed by atoms with van der Waals surface area (Å²) < 4.78 is 0. The van der Waals surface area contributed by atoms with Gasteiger partial charge in [0.25, 0.3) is 0 Å². The maximum atomic E-state index is 9.11. The molecule has 1 fully saturated rings. The second-order valence-electron chi connectivity index (χ2n) is 4.46. The molecule has 0 aromatic carbocycles. The second-order valence-corrected chi connectivity index (χ2v) is 4.46. The third-order valence-electron chi connectivity index (χ3n) is 3.18. The molecular weight excluding hydrogens is 192 g/mol. The molecule has 0 radical (unpaired) electrons. The van der Waals surface area contributed by atoms with Crippen LogP contribution < -0.4 is 5.32 Å². The molecule has 1 saturated carbocycles. The fourth-order valence-electron chi connectivity index (χ4n) is 2.12. The third-order valence-corrected chi connectivity index (χ3v) is 3.18. The van der Waals surface area contributed by atoms with Crippen molar-refractivity contribution in [3.8, 4) is 0 Å². The lowest BCUT2D eigenvalue weighted by Crippen LogP contribution is -2.38. The highest BCUT2D eigenvalue weighted by molar-refractivity contribution is 4.75. The van der Waals surface area contributed by atoms with E-state index in [1.54, 1.807) is 0 Å². The molecule has 0 aliphatic heterocycles. The molecule has 1 unspecified atom stereocenters. The van der Waals surface area contributed by atoms with Gasteiger partial charge < -0.3 is 20.4 Å². The lowest BCUT2D eigenvalue weighted by molar-refractivity contribution is 0.0936. The Balaban J connectivity index is 1.99. The molecule has 0 heterocycles. The van der Waals surface area contributed by atoms with E-state index >= 15 is 0 Å². The van der Waals surface area contributed by atoms with E-state index in [1.807, 2.05) is 0 Å². The van der Waals surface area contributed by atoms with Gasteiger partial charge in [0.05, 0.1) is 12.7 Å². The van der Waals surface area contributed by atoms with Crippen molar-refractivity contribution >= 4 is 0 Å². The molecular formula is C11H24N2O2. The Morgan fingerprint density at radius 3 is 2.67 bits per heavy atom. The molecule has 1 rings (SSSR count). The van der Waals surface area contributed by atoms with Crippen LogP contribution in [0.4, 0.5) is 0 Å². The molecule has 15 heavy (non-hydrogen) atoms. The minimum absolute atomic E-state index is 0.161. The molecule has 1 aliphatic carbocycles. The first-order valence-electron chi connectivity index (χ1n) is 5.94. The summed E-state index contributed by atoms with van der Waals surface area (Å²) in [7, 11) is 2.17. The predicted molar refractivity (Wildman–Crippen MR) is 60.8 cm³/mol. The van der Waals surface area contributed by atoms with E-state index < -0.39 is 6.10 Å². The van der Waals surface area contributed by atoms with Gasteiger partial charge in [0.15, 0.2) is 0 Å². The van der Waals surface area contributed by atoms with Gasteiger partial charge in [0.2, 0.25) is 0 Å². The van der Waals surface area contributed by atoms with Crippen LogP contribution in [0.25, 0.3) is 0 Å². The molecule has 0 aromatic rings. The van der Waals surface area contributed by atoms with Crippen molar-refractivity contribution < 1.29 is 10.2 Å². The molecule has 1 atom stereocenters. The van der Waals surface area contributed by atoms with Gasteiger partial charge in [-0.2, -0.15) is 0 Å². The monoisotopic (exact) mass is 216 g/mol. The summed E-state index contributed by atoms with van der Waals surface area (Å²) in [4.78, 5) is 2.39.